The van der Waals surface area contributed by atoms with Gasteiger partial charge in [-0.05, 0) is 47.1 Å². The third-order valence-corrected chi connectivity index (χ3v) is 8.65. The lowest BCUT2D eigenvalue weighted by Gasteiger charge is -2.24. The first kappa shape index (κ1) is 35.3. The predicted molar refractivity (Wildman–Crippen MR) is 182 cm³/mol. The number of allylic oxidation sites excluding steroid dienone is 2. The number of cyclic esters (lactones) is 1. The maximum absolute atomic E-state index is 13.5. The van der Waals surface area contributed by atoms with E-state index in [1.807, 2.05) is 78.9 Å². The summed E-state index contributed by atoms with van der Waals surface area (Å²) in [5, 5.41) is 17.2. The Morgan fingerprint density at radius 3 is 2.31 bits per heavy atom. The van der Waals surface area contributed by atoms with E-state index < -0.39 is 30.1 Å². The first-order valence-electron chi connectivity index (χ1n) is 16.7. The summed E-state index contributed by atoms with van der Waals surface area (Å²) >= 11 is 0. The topological polar surface area (TPSA) is 152 Å². The van der Waals surface area contributed by atoms with Crippen molar-refractivity contribution in [2.45, 2.75) is 43.7 Å². The Bertz CT molecular complexity index is 1570. The monoisotopic (exact) mass is 669 g/mol. The SMILES string of the molecule is O=C(C[C@H]1CC=CCC[C@H](NC(=O)OCC2c3ccccc3-c3ccccc32)C(=O)OC[C@@H](c2ccccc2)NC1=O)NCCOCCO. The smallest absolute Gasteiger partial charge is 0.407 e. The van der Waals surface area contributed by atoms with Crippen LogP contribution < -0.4 is 16.0 Å². The summed E-state index contributed by atoms with van der Waals surface area (Å²) in [6.07, 6.45) is 3.81. The average Bonchev–Trinajstić information content (AvgIpc) is 3.44. The van der Waals surface area contributed by atoms with Crippen molar-refractivity contribution in [3.05, 3.63) is 108 Å². The van der Waals surface area contributed by atoms with Crippen LogP contribution >= 0.6 is 0 Å². The molecular weight excluding hydrogens is 626 g/mol. The number of hydrogen-bond donors (Lipinski definition) is 4. The molecule has 0 spiro atoms. The Labute approximate surface area is 286 Å². The molecule has 258 valence electrons. The van der Waals surface area contributed by atoms with Crippen molar-refractivity contribution in [1.29, 1.82) is 0 Å². The lowest BCUT2D eigenvalue weighted by molar-refractivity contribution is -0.147. The summed E-state index contributed by atoms with van der Waals surface area (Å²) in [6.45, 7) is 0.506. The molecule has 0 saturated carbocycles. The van der Waals surface area contributed by atoms with E-state index in [1.54, 1.807) is 0 Å². The standard InChI is InChI=1S/C38H43N3O8/c42-20-22-47-21-19-39-35(43)23-27-13-5-2-6-18-33(37(45)48-25-34(40-36(27)44)26-11-3-1-4-12-26)41-38(46)49-24-32-30-16-9-7-14-28(30)29-15-8-10-17-31(29)32/h1-5,7-12,14-17,27,32-34,42H,6,13,18-25H2,(H,39,43)(H,40,44)(H,41,46)/t27-,33+,34+/m1/s1. The maximum atomic E-state index is 13.5. The Hall–Kier alpha value is -5.00. The highest BCUT2D eigenvalue weighted by Gasteiger charge is 2.31. The zero-order valence-electron chi connectivity index (χ0n) is 27.3. The van der Waals surface area contributed by atoms with Gasteiger partial charge >= 0.3 is 12.1 Å². The molecule has 1 heterocycles. The summed E-state index contributed by atoms with van der Waals surface area (Å²) in [7, 11) is 0. The van der Waals surface area contributed by atoms with Gasteiger partial charge in [-0.25, -0.2) is 9.59 Å². The fraction of sp³-hybridized carbons (Fsp3) is 0.368. The number of rotatable bonds is 11. The van der Waals surface area contributed by atoms with Gasteiger partial charge in [0.05, 0.1) is 31.8 Å². The Morgan fingerprint density at radius 1 is 0.898 bits per heavy atom. The van der Waals surface area contributed by atoms with Crippen LogP contribution in [0.1, 0.15) is 54.3 Å². The predicted octanol–water partition coefficient (Wildman–Crippen LogP) is 4.17. The number of alkyl carbamates (subject to hydrolysis) is 1. The summed E-state index contributed by atoms with van der Waals surface area (Å²) in [5.41, 5.74) is 5.12. The van der Waals surface area contributed by atoms with E-state index >= 15 is 0 Å². The molecule has 0 saturated heterocycles. The molecule has 3 aromatic rings. The Balaban J connectivity index is 1.24. The van der Waals surface area contributed by atoms with E-state index in [2.05, 4.69) is 28.1 Å². The van der Waals surface area contributed by atoms with E-state index in [4.69, 9.17) is 19.3 Å². The number of nitrogens with one attached hydrogen (secondary N) is 3. The zero-order valence-corrected chi connectivity index (χ0v) is 27.3. The van der Waals surface area contributed by atoms with Crippen molar-refractivity contribution in [1.82, 2.24) is 16.0 Å². The Morgan fingerprint density at radius 2 is 1.59 bits per heavy atom. The fourth-order valence-corrected chi connectivity index (χ4v) is 6.14. The molecule has 11 nitrogen and oxygen atoms in total. The molecule has 3 amide bonds. The molecule has 3 aromatic carbocycles. The average molecular weight is 670 g/mol. The molecule has 49 heavy (non-hydrogen) atoms. The molecule has 1 aliphatic carbocycles. The number of amides is 3. The maximum Gasteiger partial charge on any atom is 0.407 e. The zero-order chi connectivity index (χ0) is 34.4. The van der Waals surface area contributed by atoms with Crippen molar-refractivity contribution < 1.29 is 38.5 Å². The van der Waals surface area contributed by atoms with Crippen molar-refractivity contribution >= 4 is 23.9 Å². The minimum atomic E-state index is -0.984. The fourth-order valence-electron chi connectivity index (χ4n) is 6.14. The van der Waals surface area contributed by atoms with Crippen LogP contribution in [-0.4, -0.2) is 74.6 Å². The number of fused-ring (bicyclic) bond motifs is 3. The third kappa shape index (κ3) is 9.77. The molecule has 2 aliphatic rings. The third-order valence-electron chi connectivity index (χ3n) is 8.65. The second-order valence-electron chi connectivity index (χ2n) is 12.0. The summed E-state index contributed by atoms with van der Waals surface area (Å²) < 4.78 is 16.6. The molecule has 0 unspecified atom stereocenters. The minimum Gasteiger partial charge on any atom is -0.462 e. The van der Waals surface area contributed by atoms with Crippen molar-refractivity contribution in [3.63, 3.8) is 0 Å². The minimum absolute atomic E-state index is 0.0521. The van der Waals surface area contributed by atoms with Gasteiger partial charge in [0.15, 0.2) is 0 Å². The summed E-state index contributed by atoms with van der Waals surface area (Å²) in [4.78, 5) is 52.6. The van der Waals surface area contributed by atoms with Crippen LogP contribution in [0, 0.1) is 5.92 Å². The first-order chi connectivity index (χ1) is 23.9. The van der Waals surface area contributed by atoms with Gasteiger partial charge in [0, 0.05) is 18.9 Å². The molecular formula is C38H43N3O8. The van der Waals surface area contributed by atoms with Crippen LogP contribution in [-0.2, 0) is 28.6 Å². The number of benzene rings is 3. The lowest BCUT2D eigenvalue weighted by atomic mass is 9.97. The normalized spacial score (nSPS) is 19.6. The van der Waals surface area contributed by atoms with Crippen molar-refractivity contribution in [2.24, 2.45) is 5.92 Å². The molecule has 11 heteroatoms. The van der Waals surface area contributed by atoms with E-state index in [0.717, 1.165) is 27.8 Å². The number of esters is 1. The summed E-state index contributed by atoms with van der Waals surface area (Å²) in [5.74, 6) is -2.10. The quantitative estimate of drug-likeness (QED) is 0.135. The number of ether oxygens (including phenoxy) is 3. The highest BCUT2D eigenvalue weighted by Crippen LogP contribution is 2.44. The highest BCUT2D eigenvalue weighted by molar-refractivity contribution is 5.86. The molecule has 0 aromatic heterocycles. The largest absolute Gasteiger partial charge is 0.462 e. The molecule has 0 fully saturated rings. The number of hydrogen-bond acceptors (Lipinski definition) is 8. The van der Waals surface area contributed by atoms with Crippen LogP contribution in [0.2, 0.25) is 0 Å². The van der Waals surface area contributed by atoms with E-state index in [-0.39, 0.29) is 70.2 Å². The molecule has 3 atom stereocenters. The van der Waals surface area contributed by atoms with Gasteiger partial charge in [0.1, 0.15) is 19.3 Å². The molecule has 0 bridgehead atoms. The number of aliphatic hydroxyl groups excluding tert-OH is 1. The van der Waals surface area contributed by atoms with Gasteiger partial charge in [-0.3, -0.25) is 9.59 Å². The van der Waals surface area contributed by atoms with Crippen molar-refractivity contribution in [2.75, 3.05) is 39.6 Å². The van der Waals surface area contributed by atoms with Gasteiger partial charge in [-0.1, -0.05) is 91.0 Å². The van der Waals surface area contributed by atoms with E-state index in [9.17, 15) is 19.2 Å². The van der Waals surface area contributed by atoms with Crippen LogP contribution in [0.4, 0.5) is 4.79 Å². The second-order valence-corrected chi connectivity index (χ2v) is 12.0. The second kappa shape index (κ2) is 18.0. The molecule has 0 radical (unpaired) electrons. The molecule has 1 aliphatic heterocycles. The molecule has 5 rings (SSSR count). The first-order valence-corrected chi connectivity index (χ1v) is 16.7. The van der Waals surface area contributed by atoms with E-state index in [1.165, 1.54) is 0 Å². The number of carbonyl (C=O) groups is 4. The lowest BCUT2D eigenvalue weighted by Crippen LogP contribution is -2.43. The summed E-state index contributed by atoms with van der Waals surface area (Å²) in [6, 6.07) is 23.5. The van der Waals surface area contributed by atoms with Crippen molar-refractivity contribution in [3.8, 4) is 11.1 Å². The van der Waals surface area contributed by atoms with Gasteiger partial charge < -0.3 is 35.3 Å². The van der Waals surface area contributed by atoms with Crippen LogP contribution in [0.3, 0.4) is 0 Å². The number of aliphatic hydroxyl groups is 1. The van der Waals surface area contributed by atoms with Crippen LogP contribution in [0.25, 0.3) is 11.1 Å². The number of carbonyl (C=O) groups excluding carboxylic acids is 4. The molecule has 4 N–H and O–H groups in total. The van der Waals surface area contributed by atoms with Crippen LogP contribution in [0.5, 0.6) is 0 Å². The van der Waals surface area contributed by atoms with Gasteiger partial charge in [-0.15, -0.1) is 0 Å². The Kier molecular flexibility index (Phi) is 12.9. The van der Waals surface area contributed by atoms with E-state index in [0.29, 0.717) is 12.8 Å². The highest BCUT2D eigenvalue weighted by atomic mass is 16.6. The van der Waals surface area contributed by atoms with Gasteiger partial charge in [0.25, 0.3) is 0 Å². The van der Waals surface area contributed by atoms with Gasteiger partial charge in [0.2, 0.25) is 11.8 Å². The van der Waals surface area contributed by atoms with Gasteiger partial charge in [-0.2, -0.15) is 0 Å². The van der Waals surface area contributed by atoms with Crippen LogP contribution in [0.15, 0.2) is 91.0 Å².